The molecule has 12 aromatic carbocycles. The van der Waals surface area contributed by atoms with Crippen LogP contribution in [0.25, 0.3) is 22.3 Å². The maximum Gasteiger partial charge on any atom is 0.138 e. The molecule has 12 aromatic rings. The average molecular weight is 1100 g/mol. The largest absolute Gasteiger partial charge is 0.311 e. The summed E-state index contributed by atoms with van der Waals surface area (Å²) in [6.45, 7) is 0. The third-order valence-electron chi connectivity index (χ3n) is 15.5. The predicted molar refractivity (Wildman–Crippen MR) is 356 cm³/mol. The molecule has 1 aliphatic rings. The minimum absolute atomic E-state index is 0.00736. The first kappa shape index (κ1) is 53.4. The van der Waals surface area contributed by atoms with E-state index in [0.717, 1.165) is 113 Å². The second-order valence-corrected chi connectivity index (χ2v) is 20.7. The first-order valence-electron chi connectivity index (χ1n) is 28.7. The van der Waals surface area contributed by atoms with Gasteiger partial charge in [0.2, 0.25) is 0 Å². The molecular weight excluding hydrogens is 1040 g/mol. The number of hydrogen-bond acceptors (Lipinski definition) is 6. The van der Waals surface area contributed by atoms with E-state index in [1.165, 1.54) is 0 Å². The summed E-state index contributed by atoms with van der Waals surface area (Å²) in [5.41, 5.74) is 19.4. The number of rotatable bonds is 16. The van der Waals surface area contributed by atoms with E-state index in [9.17, 15) is 10.5 Å². The van der Waals surface area contributed by atoms with E-state index in [-0.39, 0.29) is 5.57 Å². The second-order valence-electron chi connectivity index (χ2n) is 20.7. The predicted octanol–water partition coefficient (Wildman–Crippen LogP) is 21.4. The van der Waals surface area contributed by atoms with Gasteiger partial charge in [-0.3, -0.25) is 0 Å². The molecular formula is C80H56N6. The molecule has 0 radical (unpaired) electrons. The first-order valence-corrected chi connectivity index (χ1v) is 28.7. The fourth-order valence-electron chi connectivity index (χ4n) is 11.7. The van der Waals surface area contributed by atoms with Crippen LogP contribution in [0.4, 0.5) is 68.2 Å². The van der Waals surface area contributed by atoms with Gasteiger partial charge in [0.25, 0.3) is 0 Å². The summed E-state index contributed by atoms with van der Waals surface area (Å²) in [7, 11) is 0. The number of benzene rings is 12. The van der Waals surface area contributed by atoms with E-state index in [0.29, 0.717) is 5.57 Å². The number of nitrogens with zero attached hydrogens (tertiary/aromatic N) is 6. The van der Waals surface area contributed by atoms with E-state index in [1.54, 1.807) is 0 Å². The lowest BCUT2D eigenvalue weighted by molar-refractivity contribution is 1.28. The van der Waals surface area contributed by atoms with E-state index < -0.39 is 0 Å². The van der Waals surface area contributed by atoms with E-state index in [1.807, 2.05) is 48.5 Å². The Labute approximate surface area is 503 Å². The van der Waals surface area contributed by atoms with Gasteiger partial charge in [0.15, 0.2) is 0 Å². The first-order chi connectivity index (χ1) is 42.6. The van der Waals surface area contributed by atoms with Gasteiger partial charge < -0.3 is 19.6 Å². The molecule has 86 heavy (non-hydrogen) atoms. The molecule has 0 unspecified atom stereocenters. The fraction of sp³-hybridized carbons (Fsp3) is 0. The van der Waals surface area contributed by atoms with Gasteiger partial charge in [-0.25, -0.2) is 0 Å². The smallest absolute Gasteiger partial charge is 0.138 e. The van der Waals surface area contributed by atoms with Crippen molar-refractivity contribution in [3.63, 3.8) is 0 Å². The Bertz CT molecular complexity index is 4000. The van der Waals surface area contributed by atoms with Crippen molar-refractivity contribution < 1.29 is 0 Å². The Balaban J connectivity index is 1.06. The third kappa shape index (κ3) is 10.7. The minimum atomic E-state index is 0.00736. The van der Waals surface area contributed by atoms with E-state index >= 15 is 0 Å². The molecule has 0 fully saturated rings. The summed E-state index contributed by atoms with van der Waals surface area (Å²) in [5.74, 6) is 0. The molecule has 0 bridgehead atoms. The SMILES string of the molecule is N#CC(C#N)=C1C(c2ccc(N(c3ccccc3)c3ccccc3)cc2)=C(c2ccc(N(c3ccccc3)c3ccccc3)cc2)C(c2ccc(N(c3ccccc3)c3ccccc3)cc2)=C1c1ccc(N(c2ccccc2)c2ccccc2)cc1. The highest BCUT2D eigenvalue weighted by molar-refractivity contribution is 6.35. The van der Waals surface area contributed by atoms with Gasteiger partial charge in [-0.1, -0.05) is 194 Å². The monoisotopic (exact) mass is 1100 g/mol. The number of para-hydroxylation sites is 8. The van der Waals surface area contributed by atoms with Crippen molar-refractivity contribution in [3.05, 3.63) is 373 Å². The van der Waals surface area contributed by atoms with Crippen LogP contribution in [0.1, 0.15) is 22.3 Å². The minimum Gasteiger partial charge on any atom is -0.311 e. The lowest BCUT2D eigenvalue weighted by Crippen LogP contribution is -2.10. The van der Waals surface area contributed by atoms with Gasteiger partial charge in [0, 0.05) is 85.0 Å². The molecule has 406 valence electrons. The van der Waals surface area contributed by atoms with Gasteiger partial charge >= 0.3 is 0 Å². The lowest BCUT2D eigenvalue weighted by atomic mass is 9.88. The van der Waals surface area contributed by atoms with Crippen LogP contribution in [0.5, 0.6) is 0 Å². The quantitative estimate of drug-likeness (QED) is 0.0899. The van der Waals surface area contributed by atoms with Crippen molar-refractivity contribution in [2.45, 2.75) is 0 Å². The zero-order chi connectivity index (χ0) is 58.0. The molecule has 0 atom stereocenters. The number of anilines is 12. The maximum atomic E-state index is 11.4. The highest BCUT2D eigenvalue weighted by Crippen LogP contribution is 2.57. The van der Waals surface area contributed by atoms with Crippen molar-refractivity contribution >= 4 is 90.5 Å². The van der Waals surface area contributed by atoms with Crippen molar-refractivity contribution in [1.82, 2.24) is 0 Å². The Hall–Kier alpha value is -12.0. The van der Waals surface area contributed by atoms with Gasteiger partial charge in [-0.2, -0.15) is 10.5 Å². The molecule has 0 spiro atoms. The molecule has 0 saturated heterocycles. The van der Waals surface area contributed by atoms with Crippen LogP contribution in [0.15, 0.2) is 351 Å². The van der Waals surface area contributed by atoms with Gasteiger partial charge in [0.1, 0.15) is 17.7 Å². The molecule has 0 saturated carbocycles. The highest BCUT2D eigenvalue weighted by atomic mass is 15.2. The molecule has 6 heteroatoms. The maximum absolute atomic E-state index is 11.4. The average Bonchev–Trinajstić information content (AvgIpc) is 1.65. The standard InChI is InChI=1S/C80H56N6/c81-57-63(58-82)80-78(61-45-53-74(54-46-61)85(68-33-17-5-18-34-68)69-35-19-6-20-36-69)76(59-41-49-72(50-42-59)83(64-25-9-1-10-26-64)65-27-11-2-12-28-65)77(60-43-51-73(52-44-60)84(66-29-13-3-14-30-66)67-31-15-4-16-32-67)79(80)62-47-55-75(56-48-62)86(70-37-21-7-22-38-70)71-39-23-8-24-40-71/h1-56H. The summed E-state index contributed by atoms with van der Waals surface area (Å²) < 4.78 is 0. The molecule has 0 aliphatic heterocycles. The summed E-state index contributed by atoms with van der Waals surface area (Å²) in [6, 6.07) is 122. The Kier molecular flexibility index (Phi) is 15.3. The van der Waals surface area contributed by atoms with Crippen LogP contribution >= 0.6 is 0 Å². The van der Waals surface area contributed by atoms with Crippen LogP contribution in [-0.4, -0.2) is 0 Å². The molecule has 0 amide bonds. The Morgan fingerprint density at radius 1 is 0.186 bits per heavy atom. The third-order valence-corrected chi connectivity index (χ3v) is 15.5. The summed E-state index contributed by atoms with van der Waals surface area (Å²) >= 11 is 0. The topological polar surface area (TPSA) is 60.5 Å². The van der Waals surface area contributed by atoms with E-state index in [2.05, 4.69) is 323 Å². The highest BCUT2D eigenvalue weighted by Gasteiger charge is 2.36. The molecule has 0 aromatic heterocycles. The number of nitriles is 2. The molecule has 0 heterocycles. The normalized spacial score (nSPS) is 11.8. The summed E-state index contributed by atoms with van der Waals surface area (Å²) in [6.07, 6.45) is 0. The van der Waals surface area contributed by atoms with Crippen molar-refractivity contribution in [1.29, 1.82) is 10.5 Å². The van der Waals surface area contributed by atoms with Crippen LogP contribution in [-0.2, 0) is 0 Å². The second kappa shape index (κ2) is 24.6. The molecule has 13 rings (SSSR count). The van der Waals surface area contributed by atoms with Crippen LogP contribution < -0.4 is 19.6 Å². The van der Waals surface area contributed by atoms with Crippen molar-refractivity contribution in [2.24, 2.45) is 0 Å². The molecule has 6 nitrogen and oxygen atoms in total. The van der Waals surface area contributed by atoms with Crippen LogP contribution in [0.2, 0.25) is 0 Å². The Morgan fingerprint density at radius 3 is 0.500 bits per heavy atom. The van der Waals surface area contributed by atoms with Gasteiger partial charge in [-0.05, 0) is 179 Å². The summed E-state index contributed by atoms with van der Waals surface area (Å²) in [5, 5.41) is 22.8. The van der Waals surface area contributed by atoms with Gasteiger partial charge in [0.05, 0.1) is 0 Å². The number of hydrogen-bond donors (Lipinski definition) is 0. The number of allylic oxidation sites excluding steroid dienone is 6. The van der Waals surface area contributed by atoms with Crippen molar-refractivity contribution in [2.75, 3.05) is 19.6 Å². The van der Waals surface area contributed by atoms with E-state index in [4.69, 9.17) is 0 Å². The van der Waals surface area contributed by atoms with Crippen molar-refractivity contribution in [3.8, 4) is 12.1 Å². The fourth-order valence-corrected chi connectivity index (χ4v) is 11.7. The Morgan fingerprint density at radius 2 is 0.337 bits per heavy atom. The summed E-state index contributed by atoms with van der Waals surface area (Å²) in [4.78, 5) is 9.00. The lowest BCUT2D eigenvalue weighted by Gasteiger charge is -2.26. The zero-order valence-electron chi connectivity index (χ0n) is 47.0. The zero-order valence-corrected chi connectivity index (χ0v) is 47.0. The molecule has 1 aliphatic carbocycles. The van der Waals surface area contributed by atoms with Crippen LogP contribution in [0.3, 0.4) is 0 Å². The van der Waals surface area contributed by atoms with Crippen LogP contribution in [0, 0.1) is 22.7 Å². The molecule has 0 N–H and O–H groups in total. The van der Waals surface area contributed by atoms with Gasteiger partial charge in [-0.15, -0.1) is 0 Å².